The molecule has 0 atom stereocenters. The average molecular weight is 426 g/mol. The van der Waals surface area contributed by atoms with Gasteiger partial charge in [0.2, 0.25) is 0 Å². The SMILES string of the molecule is Fc1ccc(-c2nnc(Sc3nc(C(F)(F)F)cs3)n2Cc2ccco2)cc1. The Morgan fingerprint density at radius 3 is 2.54 bits per heavy atom. The van der Waals surface area contributed by atoms with E-state index >= 15 is 0 Å². The number of benzene rings is 1. The molecule has 1 aromatic carbocycles. The summed E-state index contributed by atoms with van der Waals surface area (Å²) in [5.74, 6) is 0.657. The highest BCUT2D eigenvalue weighted by atomic mass is 32.2. The van der Waals surface area contributed by atoms with E-state index in [2.05, 4.69) is 15.2 Å². The minimum absolute atomic E-state index is 0.186. The van der Waals surface area contributed by atoms with Gasteiger partial charge in [-0.05, 0) is 48.2 Å². The molecule has 0 spiro atoms. The fraction of sp³-hybridized carbons (Fsp3) is 0.118. The molecule has 0 aliphatic heterocycles. The molecule has 0 amide bonds. The van der Waals surface area contributed by atoms with Gasteiger partial charge in [-0.1, -0.05) is 0 Å². The number of rotatable bonds is 5. The van der Waals surface area contributed by atoms with Crippen molar-refractivity contribution < 1.29 is 22.0 Å². The largest absolute Gasteiger partial charge is 0.467 e. The zero-order valence-electron chi connectivity index (χ0n) is 13.9. The second-order valence-electron chi connectivity index (χ2n) is 5.58. The predicted octanol–water partition coefficient (Wildman–Crippen LogP) is 5.35. The number of hydrogen-bond donors (Lipinski definition) is 0. The van der Waals surface area contributed by atoms with Crippen LogP contribution in [0.3, 0.4) is 0 Å². The third-order valence-electron chi connectivity index (χ3n) is 3.67. The Hall–Kier alpha value is -2.66. The maximum absolute atomic E-state index is 13.2. The van der Waals surface area contributed by atoms with Crippen LogP contribution in [0.5, 0.6) is 0 Å². The maximum Gasteiger partial charge on any atom is 0.434 e. The van der Waals surface area contributed by atoms with Crippen LogP contribution < -0.4 is 0 Å². The summed E-state index contributed by atoms with van der Waals surface area (Å²) in [7, 11) is 0. The summed E-state index contributed by atoms with van der Waals surface area (Å²) in [6, 6.07) is 9.18. The van der Waals surface area contributed by atoms with Crippen LogP contribution in [0.25, 0.3) is 11.4 Å². The summed E-state index contributed by atoms with van der Waals surface area (Å²) < 4.78 is 58.8. The lowest BCUT2D eigenvalue weighted by Gasteiger charge is -2.08. The van der Waals surface area contributed by atoms with E-state index in [-0.39, 0.29) is 10.9 Å². The summed E-state index contributed by atoms with van der Waals surface area (Å²) in [4.78, 5) is 3.61. The quantitative estimate of drug-likeness (QED) is 0.403. The Morgan fingerprint density at radius 2 is 1.89 bits per heavy atom. The van der Waals surface area contributed by atoms with E-state index in [4.69, 9.17) is 4.42 Å². The summed E-state index contributed by atoms with van der Waals surface area (Å²) in [5.41, 5.74) is -0.335. The van der Waals surface area contributed by atoms with Crippen LogP contribution in [-0.4, -0.2) is 19.7 Å². The van der Waals surface area contributed by atoms with Crippen molar-refractivity contribution in [2.45, 2.75) is 22.2 Å². The fourth-order valence-electron chi connectivity index (χ4n) is 2.39. The molecule has 0 saturated heterocycles. The molecule has 0 bridgehead atoms. The zero-order chi connectivity index (χ0) is 19.7. The lowest BCUT2D eigenvalue weighted by molar-refractivity contribution is -0.141. The topological polar surface area (TPSA) is 56.7 Å². The van der Waals surface area contributed by atoms with Gasteiger partial charge in [-0.25, -0.2) is 9.37 Å². The van der Waals surface area contributed by atoms with Gasteiger partial charge >= 0.3 is 6.18 Å². The second kappa shape index (κ2) is 7.40. The standard InChI is InChI=1S/C17H10F4N4OS2/c18-11-5-3-10(4-6-11)14-23-24-15(25(14)8-12-2-1-7-26-12)28-16-22-13(9-27-16)17(19,20)21/h1-7,9H,8H2. The molecular weight excluding hydrogens is 416 g/mol. The molecule has 3 heterocycles. The molecule has 0 saturated carbocycles. The number of aromatic nitrogens is 4. The first-order valence-corrected chi connectivity index (χ1v) is 9.52. The number of halogens is 4. The highest BCUT2D eigenvalue weighted by molar-refractivity contribution is 8.00. The van der Waals surface area contributed by atoms with E-state index in [9.17, 15) is 17.6 Å². The number of furan rings is 1. The Kier molecular flexibility index (Phi) is 4.94. The van der Waals surface area contributed by atoms with Crippen LogP contribution in [0.1, 0.15) is 11.5 Å². The van der Waals surface area contributed by atoms with Crippen LogP contribution >= 0.6 is 23.1 Å². The summed E-state index contributed by atoms with van der Waals surface area (Å²) in [6.07, 6.45) is -2.99. The van der Waals surface area contributed by atoms with Gasteiger partial charge in [0.05, 0.1) is 12.8 Å². The van der Waals surface area contributed by atoms with Crippen molar-refractivity contribution in [2.24, 2.45) is 0 Å². The van der Waals surface area contributed by atoms with Crippen molar-refractivity contribution in [1.29, 1.82) is 0 Å². The van der Waals surface area contributed by atoms with Gasteiger partial charge < -0.3 is 4.42 Å². The minimum atomic E-state index is -4.50. The number of thiazole rings is 1. The van der Waals surface area contributed by atoms with Crippen LogP contribution in [0.2, 0.25) is 0 Å². The summed E-state index contributed by atoms with van der Waals surface area (Å²) in [5, 5.41) is 9.52. The Labute approximate surface area is 164 Å². The molecule has 0 unspecified atom stereocenters. The van der Waals surface area contributed by atoms with Gasteiger partial charge in [0.1, 0.15) is 11.6 Å². The third-order valence-corrected chi connectivity index (χ3v) is 5.59. The molecule has 0 aliphatic rings. The third kappa shape index (κ3) is 3.94. The molecule has 28 heavy (non-hydrogen) atoms. The molecule has 4 rings (SSSR count). The second-order valence-corrected chi connectivity index (χ2v) is 7.65. The van der Waals surface area contributed by atoms with Crippen molar-refractivity contribution >= 4 is 23.1 Å². The molecule has 5 nitrogen and oxygen atoms in total. The molecule has 0 radical (unpaired) electrons. The van der Waals surface area contributed by atoms with E-state index in [0.29, 0.717) is 22.3 Å². The minimum Gasteiger partial charge on any atom is -0.467 e. The molecule has 3 aromatic heterocycles. The van der Waals surface area contributed by atoms with Crippen LogP contribution in [0.15, 0.2) is 62.0 Å². The van der Waals surface area contributed by atoms with Gasteiger partial charge in [-0.2, -0.15) is 13.2 Å². The first kappa shape index (κ1) is 18.7. The van der Waals surface area contributed by atoms with Gasteiger partial charge in [0.25, 0.3) is 0 Å². The van der Waals surface area contributed by atoms with E-state index in [1.54, 1.807) is 28.8 Å². The Morgan fingerprint density at radius 1 is 1.11 bits per heavy atom. The van der Waals surface area contributed by atoms with E-state index in [1.807, 2.05) is 0 Å². The molecule has 11 heteroatoms. The highest BCUT2D eigenvalue weighted by Gasteiger charge is 2.34. The Balaban J connectivity index is 1.70. The smallest absolute Gasteiger partial charge is 0.434 e. The van der Waals surface area contributed by atoms with E-state index in [0.717, 1.165) is 28.5 Å². The molecule has 0 aliphatic carbocycles. The highest BCUT2D eigenvalue weighted by Crippen LogP contribution is 2.36. The van der Waals surface area contributed by atoms with Gasteiger partial charge in [-0.15, -0.1) is 21.5 Å². The maximum atomic E-state index is 13.2. The molecule has 0 N–H and O–H groups in total. The normalized spacial score (nSPS) is 11.9. The van der Waals surface area contributed by atoms with Crippen molar-refractivity contribution in [1.82, 2.24) is 19.7 Å². The van der Waals surface area contributed by atoms with Crippen molar-refractivity contribution in [3.05, 3.63) is 65.3 Å². The first-order chi connectivity index (χ1) is 13.4. The number of hydrogen-bond acceptors (Lipinski definition) is 6. The van der Waals surface area contributed by atoms with Crippen molar-refractivity contribution in [3.8, 4) is 11.4 Å². The van der Waals surface area contributed by atoms with Gasteiger partial charge in [-0.3, -0.25) is 4.57 Å². The van der Waals surface area contributed by atoms with Gasteiger partial charge in [0, 0.05) is 10.9 Å². The summed E-state index contributed by atoms with van der Waals surface area (Å²) >= 11 is 1.85. The zero-order valence-corrected chi connectivity index (χ0v) is 15.5. The monoisotopic (exact) mass is 426 g/mol. The lowest BCUT2D eigenvalue weighted by atomic mass is 10.2. The van der Waals surface area contributed by atoms with E-state index in [1.165, 1.54) is 18.4 Å². The van der Waals surface area contributed by atoms with Crippen molar-refractivity contribution in [3.63, 3.8) is 0 Å². The predicted molar refractivity (Wildman–Crippen MR) is 94.5 cm³/mol. The first-order valence-electron chi connectivity index (χ1n) is 7.82. The number of nitrogens with zero attached hydrogens (tertiary/aromatic N) is 4. The molecular formula is C17H10F4N4OS2. The van der Waals surface area contributed by atoms with Crippen LogP contribution in [-0.2, 0) is 12.7 Å². The average Bonchev–Trinajstić information content (AvgIpc) is 3.38. The van der Waals surface area contributed by atoms with Crippen LogP contribution in [0, 0.1) is 5.82 Å². The Bertz CT molecular complexity index is 1070. The van der Waals surface area contributed by atoms with Crippen molar-refractivity contribution in [2.75, 3.05) is 0 Å². The van der Waals surface area contributed by atoms with Crippen LogP contribution in [0.4, 0.5) is 17.6 Å². The molecule has 4 aromatic rings. The number of alkyl halides is 3. The van der Waals surface area contributed by atoms with Gasteiger partial charge in [0.15, 0.2) is 21.0 Å². The lowest BCUT2D eigenvalue weighted by Crippen LogP contribution is -2.05. The summed E-state index contributed by atoms with van der Waals surface area (Å²) in [6.45, 7) is 0.256. The van der Waals surface area contributed by atoms with E-state index < -0.39 is 17.7 Å². The molecule has 144 valence electrons. The molecule has 0 fully saturated rings. The fourth-order valence-corrected chi connectivity index (χ4v) is 4.14.